The highest BCUT2D eigenvalue weighted by Crippen LogP contribution is 2.20. The lowest BCUT2D eigenvalue weighted by Crippen LogP contribution is -2.51. The number of nitrogens with one attached hydrogen (secondary N) is 1. The topological polar surface area (TPSA) is 80.1 Å². The zero-order valence-corrected chi connectivity index (χ0v) is 11.2. The highest BCUT2D eigenvalue weighted by atomic mass is 16.5. The molecule has 0 saturated carbocycles. The van der Waals surface area contributed by atoms with Gasteiger partial charge < -0.3 is 15.4 Å². The van der Waals surface area contributed by atoms with E-state index >= 15 is 0 Å². The summed E-state index contributed by atoms with van der Waals surface area (Å²) in [6, 6.07) is 0.496. The van der Waals surface area contributed by atoms with E-state index in [-0.39, 0.29) is 6.04 Å². The molecule has 1 aromatic heterocycles. The Hall–Kier alpha value is -1.14. The zero-order valence-electron chi connectivity index (χ0n) is 11.2. The number of nitrogens with two attached hydrogens (primary N) is 1. The van der Waals surface area contributed by atoms with Crippen LogP contribution in [-0.4, -0.2) is 40.4 Å². The lowest BCUT2D eigenvalue weighted by atomic mass is 9.99. The van der Waals surface area contributed by atoms with Crippen molar-refractivity contribution >= 4 is 5.95 Å². The summed E-state index contributed by atoms with van der Waals surface area (Å²) in [6.45, 7) is 6.44. The Morgan fingerprint density at radius 2 is 2.39 bits per heavy atom. The normalized spacial score (nSPS) is 24.5. The van der Waals surface area contributed by atoms with E-state index in [0.29, 0.717) is 12.6 Å². The Bertz CT molecular complexity index is 367. The van der Waals surface area contributed by atoms with Gasteiger partial charge in [-0.2, -0.15) is 4.98 Å². The van der Waals surface area contributed by atoms with Gasteiger partial charge in [0.1, 0.15) is 6.61 Å². The molecular weight excluding hydrogens is 230 g/mol. The Morgan fingerprint density at radius 1 is 1.56 bits per heavy atom. The number of ether oxygens (including phenoxy) is 1. The average molecular weight is 253 g/mol. The third kappa shape index (κ3) is 3.00. The van der Waals surface area contributed by atoms with Gasteiger partial charge >= 0.3 is 0 Å². The van der Waals surface area contributed by atoms with E-state index < -0.39 is 0 Å². The van der Waals surface area contributed by atoms with Crippen LogP contribution in [0.2, 0.25) is 0 Å². The van der Waals surface area contributed by atoms with Gasteiger partial charge in [0.15, 0.2) is 5.82 Å². The number of hydrogen-bond acceptors (Lipinski definition) is 5. The molecule has 3 N–H and O–H groups in total. The van der Waals surface area contributed by atoms with Gasteiger partial charge in [0.25, 0.3) is 0 Å². The van der Waals surface area contributed by atoms with Gasteiger partial charge in [-0.3, -0.25) is 5.10 Å². The van der Waals surface area contributed by atoms with Crippen LogP contribution in [0.5, 0.6) is 0 Å². The number of hydrogen-bond donors (Lipinski definition) is 2. The van der Waals surface area contributed by atoms with Gasteiger partial charge in [0, 0.05) is 25.2 Å². The SMILES string of the molecule is CCCOCc1nc(N2CCCC(N)C2C)n[nH]1. The van der Waals surface area contributed by atoms with Gasteiger partial charge in [-0.15, -0.1) is 5.10 Å². The molecule has 6 heteroatoms. The molecule has 0 spiro atoms. The van der Waals surface area contributed by atoms with Crippen molar-refractivity contribution < 1.29 is 4.74 Å². The summed E-state index contributed by atoms with van der Waals surface area (Å²) in [5.41, 5.74) is 6.08. The van der Waals surface area contributed by atoms with Crippen LogP contribution < -0.4 is 10.6 Å². The predicted octanol–water partition coefficient (Wildman–Crippen LogP) is 1.05. The first-order valence-corrected chi connectivity index (χ1v) is 6.73. The van der Waals surface area contributed by atoms with Gasteiger partial charge in [-0.05, 0) is 26.2 Å². The third-order valence-electron chi connectivity index (χ3n) is 3.41. The Morgan fingerprint density at radius 3 is 3.17 bits per heavy atom. The maximum Gasteiger partial charge on any atom is 0.245 e. The van der Waals surface area contributed by atoms with E-state index in [1.165, 1.54) is 0 Å². The van der Waals surface area contributed by atoms with E-state index in [4.69, 9.17) is 10.5 Å². The summed E-state index contributed by atoms with van der Waals surface area (Å²) >= 11 is 0. The molecule has 2 heterocycles. The number of piperidine rings is 1. The molecule has 0 aromatic carbocycles. The largest absolute Gasteiger partial charge is 0.373 e. The fraction of sp³-hybridized carbons (Fsp3) is 0.833. The van der Waals surface area contributed by atoms with Crippen molar-refractivity contribution in [1.82, 2.24) is 15.2 Å². The predicted molar refractivity (Wildman–Crippen MR) is 70.3 cm³/mol. The van der Waals surface area contributed by atoms with Crippen LogP contribution in [0, 0.1) is 0 Å². The summed E-state index contributed by atoms with van der Waals surface area (Å²) in [5.74, 6) is 1.53. The number of aromatic nitrogens is 3. The van der Waals surface area contributed by atoms with Crippen molar-refractivity contribution in [2.75, 3.05) is 18.1 Å². The quantitative estimate of drug-likeness (QED) is 0.767. The van der Waals surface area contributed by atoms with Gasteiger partial charge in [-0.25, -0.2) is 0 Å². The molecule has 0 radical (unpaired) electrons. The molecular formula is C12H23N5O. The minimum atomic E-state index is 0.206. The molecule has 2 unspecified atom stereocenters. The van der Waals surface area contributed by atoms with E-state index in [0.717, 1.165) is 44.2 Å². The van der Waals surface area contributed by atoms with E-state index in [9.17, 15) is 0 Å². The molecule has 1 aliphatic rings. The molecule has 1 fully saturated rings. The van der Waals surface area contributed by atoms with E-state index in [1.54, 1.807) is 0 Å². The minimum absolute atomic E-state index is 0.206. The molecule has 2 rings (SSSR count). The molecule has 6 nitrogen and oxygen atoms in total. The summed E-state index contributed by atoms with van der Waals surface area (Å²) in [6.07, 6.45) is 3.19. The van der Waals surface area contributed by atoms with E-state index in [2.05, 4.69) is 33.9 Å². The summed E-state index contributed by atoms with van der Waals surface area (Å²) in [7, 11) is 0. The highest BCUT2D eigenvalue weighted by molar-refractivity contribution is 5.32. The molecule has 18 heavy (non-hydrogen) atoms. The lowest BCUT2D eigenvalue weighted by molar-refractivity contribution is 0.116. The molecule has 0 bridgehead atoms. The number of rotatable bonds is 5. The summed E-state index contributed by atoms with van der Waals surface area (Å²) < 4.78 is 5.44. The molecule has 1 aliphatic heterocycles. The molecule has 102 valence electrons. The Labute approximate surface area is 108 Å². The minimum Gasteiger partial charge on any atom is -0.373 e. The van der Waals surface area contributed by atoms with Crippen molar-refractivity contribution in [2.24, 2.45) is 5.73 Å². The number of aromatic amines is 1. The van der Waals surface area contributed by atoms with Crippen LogP contribution in [0.4, 0.5) is 5.95 Å². The van der Waals surface area contributed by atoms with Crippen LogP contribution in [0.3, 0.4) is 0 Å². The lowest BCUT2D eigenvalue weighted by Gasteiger charge is -2.36. The zero-order chi connectivity index (χ0) is 13.0. The first-order valence-electron chi connectivity index (χ1n) is 6.73. The maximum atomic E-state index is 6.08. The molecule has 2 atom stereocenters. The van der Waals surface area contributed by atoms with Gasteiger partial charge in [0.2, 0.25) is 5.95 Å². The molecule has 0 aliphatic carbocycles. The van der Waals surface area contributed by atoms with Crippen molar-refractivity contribution in [3.8, 4) is 0 Å². The Balaban J connectivity index is 1.96. The molecule has 1 saturated heterocycles. The van der Waals surface area contributed by atoms with Crippen molar-refractivity contribution in [3.05, 3.63) is 5.82 Å². The van der Waals surface area contributed by atoms with Crippen LogP contribution in [0.1, 0.15) is 38.9 Å². The fourth-order valence-electron chi connectivity index (χ4n) is 2.25. The van der Waals surface area contributed by atoms with Crippen LogP contribution >= 0.6 is 0 Å². The first-order chi connectivity index (χ1) is 8.72. The van der Waals surface area contributed by atoms with Crippen molar-refractivity contribution in [1.29, 1.82) is 0 Å². The van der Waals surface area contributed by atoms with Crippen LogP contribution in [0.15, 0.2) is 0 Å². The fourth-order valence-corrected chi connectivity index (χ4v) is 2.25. The van der Waals surface area contributed by atoms with Crippen molar-refractivity contribution in [2.45, 2.75) is 51.8 Å². The molecule has 0 amide bonds. The smallest absolute Gasteiger partial charge is 0.245 e. The highest BCUT2D eigenvalue weighted by Gasteiger charge is 2.27. The number of anilines is 1. The second kappa shape index (κ2) is 6.15. The second-order valence-electron chi connectivity index (χ2n) is 4.87. The third-order valence-corrected chi connectivity index (χ3v) is 3.41. The number of H-pyrrole nitrogens is 1. The van der Waals surface area contributed by atoms with Crippen molar-refractivity contribution in [3.63, 3.8) is 0 Å². The van der Waals surface area contributed by atoms with E-state index in [1.807, 2.05) is 0 Å². The van der Waals surface area contributed by atoms with Gasteiger partial charge in [0.05, 0.1) is 0 Å². The average Bonchev–Trinajstić information content (AvgIpc) is 2.82. The van der Waals surface area contributed by atoms with Crippen LogP contribution in [0.25, 0.3) is 0 Å². The van der Waals surface area contributed by atoms with Gasteiger partial charge in [-0.1, -0.05) is 6.92 Å². The maximum absolute atomic E-state index is 6.08. The first kappa shape index (κ1) is 13.3. The monoisotopic (exact) mass is 253 g/mol. The molecule has 1 aromatic rings. The number of nitrogens with zero attached hydrogens (tertiary/aromatic N) is 3. The standard InChI is InChI=1S/C12H23N5O/c1-3-7-18-8-11-14-12(16-15-11)17-6-4-5-10(13)9(17)2/h9-10H,3-8,13H2,1-2H3,(H,14,15,16). The summed E-state index contributed by atoms with van der Waals surface area (Å²) in [5, 5.41) is 7.19. The van der Waals surface area contributed by atoms with Crippen LogP contribution in [-0.2, 0) is 11.3 Å². The second-order valence-corrected chi connectivity index (χ2v) is 4.87. The Kier molecular flexibility index (Phi) is 4.54. The summed E-state index contributed by atoms with van der Waals surface area (Å²) in [4.78, 5) is 6.64.